The summed E-state index contributed by atoms with van der Waals surface area (Å²) in [5.41, 5.74) is 6.50. The average Bonchev–Trinajstić information content (AvgIpc) is 2.46. The highest BCUT2D eigenvalue weighted by atomic mass is 15.2. The molecule has 2 aliphatic rings. The van der Waals surface area contributed by atoms with Gasteiger partial charge >= 0.3 is 0 Å². The molecule has 1 saturated carbocycles. The van der Waals surface area contributed by atoms with Gasteiger partial charge in [-0.25, -0.2) is 0 Å². The van der Waals surface area contributed by atoms with Gasteiger partial charge in [-0.2, -0.15) is 0 Å². The van der Waals surface area contributed by atoms with Crippen molar-refractivity contribution < 1.29 is 0 Å². The molecule has 0 radical (unpaired) electrons. The summed E-state index contributed by atoms with van der Waals surface area (Å²) in [5, 5.41) is 0. The van der Waals surface area contributed by atoms with E-state index in [0.29, 0.717) is 0 Å². The maximum Gasteiger partial charge on any atom is 0.0334 e. The Morgan fingerprint density at radius 3 is 2.47 bits per heavy atom. The second kappa shape index (κ2) is 6.55. The lowest BCUT2D eigenvalue weighted by Crippen LogP contribution is -2.59. The zero-order valence-corrected chi connectivity index (χ0v) is 13.2. The van der Waals surface area contributed by atoms with Gasteiger partial charge in [0.1, 0.15) is 0 Å². The summed E-state index contributed by atoms with van der Waals surface area (Å²) in [5.74, 6) is 0.843. The number of piperidine rings is 1. The largest absolute Gasteiger partial charge is 0.329 e. The minimum absolute atomic E-state index is 0.288. The highest BCUT2D eigenvalue weighted by Gasteiger charge is 2.40. The Labute approximate surface area is 119 Å². The zero-order chi connectivity index (χ0) is 13.9. The van der Waals surface area contributed by atoms with Crippen LogP contribution >= 0.6 is 0 Å². The molecule has 2 fully saturated rings. The molecule has 2 unspecified atom stereocenters. The van der Waals surface area contributed by atoms with E-state index in [4.69, 9.17) is 5.73 Å². The van der Waals surface area contributed by atoms with Crippen molar-refractivity contribution in [1.29, 1.82) is 0 Å². The number of likely N-dealkylation sites (N-methyl/N-ethyl adjacent to an activating group) is 1. The van der Waals surface area contributed by atoms with Crippen LogP contribution in [0.3, 0.4) is 0 Å². The van der Waals surface area contributed by atoms with Gasteiger partial charge in [0.15, 0.2) is 0 Å². The van der Waals surface area contributed by atoms with E-state index in [1.54, 1.807) is 0 Å². The summed E-state index contributed by atoms with van der Waals surface area (Å²) in [7, 11) is 2.34. The van der Waals surface area contributed by atoms with Crippen LogP contribution in [-0.4, -0.2) is 54.6 Å². The molecule has 0 aromatic carbocycles. The van der Waals surface area contributed by atoms with Crippen molar-refractivity contribution in [2.45, 2.75) is 64.0 Å². The van der Waals surface area contributed by atoms with Gasteiger partial charge in [-0.3, -0.25) is 4.90 Å². The molecular formula is C16H33N3. The predicted octanol–water partition coefficient (Wildman–Crippen LogP) is 2.31. The predicted molar refractivity (Wildman–Crippen MR) is 82.3 cm³/mol. The summed E-state index contributed by atoms with van der Waals surface area (Å²) in [4.78, 5) is 5.25. The van der Waals surface area contributed by atoms with Crippen LogP contribution in [0.4, 0.5) is 0 Å². The minimum atomic E-state index is 0.288. The van der Waals surface area contributed by atoms with Crippen molar-refractivity contribution in [3.05, 3.63) is 0 Å². The highest BCUT2D eigenvalue weighted by Crippen LogP contribution is 2.37. The van der Waals surface area contributed by atoms with Gasteiger partial charge in [-0.05, 0) is 58.3 Å². The molecule has 0 aromatic rings. The topological polar surface area (TPSA) is 32.5 Å². The third-order valence-electron chi connectivity index (χ3n) is 5.75. The fourth-order valence-electron chi connectivity index (χ4n) is 4.29. The van der Waals surface area contributed by atoms with Crippen LogP contribution in [0.2, 0.25) is 0 Å². The zero-order valence-electron chi connectivity index (χ0n) is 13.2. The Morgan fingerprint density at radius 2 is 1.95 bits per heavy atom. The Morgan fingerprint density at radius 1 is 1.26 bits per heavy atom. The molecule has 0 spiro atoms. The fraction of sp³-hybridized carbons (Fsp3) is 1.00. The molecule has 0 aromatic heterocycles. The highest BCUT2D eigenvalue weighted by molar-refractivity contribution is 4.97. The lowest BCUT2D eigenvalue weighted by Gasteiger charge is -2.51. The van der Waals surface area contributed by atoms with Crippen LogP contribution in [-0.2, 0) is 0 Å². The van der Waals surface area contributed by atoms with Crippen LogP contribution < -0.4 is 5.73 Å². The Kier molecular flexibility index (Phi) is 5.27. The second-order valence-electron chi connectivity index (χ2n) is 6.91. The monoisotopic (exact) mass is 267 g/mol. The Hall–Kier alpha value is -0.120. The third kappa shape index (κ3) is 3.32. The first-order valence-corrected chi connectivity index (χ1v) is 8.26. The average molecular weight is 267 g/mol. The van der Waals surface area contributed by atoms with Gasteiger partial charge in [0.25, 0.3) is 0 Å². The van der Waals surface area contributed by atoms with E-state index in [1.165, 1.54) is 58.2 Å². The normalized spacial score (nSPS) is 34.9. The summed E-state index contributed by atoms with van der Waals surface area (Å²) < 4.78 is 0. The van der Waals surface area contributed by atoms with E-state index in [-0.39, 0.29) is 5.54 Å². The van der Waals surface area contributed by atoms with Crippen molar-refractivity contribution >= 4 is 0 Å². The van der Waals surface area contributed by atoms with Crippen molar-refractivity contribution in [3.8, 4) is 0 Å². The van der Waals surface area contributed by atoms with E-state index in [0.717, 1.165) is 18.5 Å². The molecule has 0 amide bonds. The Bertz CT molecular complexity index is 273. The number of rotatable bonds is 4. The summed E-state index contributed by atoms with van der Waals surface area (Å²) >= 11 is 0. The maximum absolute atomic E-state index is 6.21. The SMILES string of the molecule is CCN1CCC(N(C)C2(CN)CCCC(C)C2)CC1. The maximum atomic E-state index is 6.21. The molecular weight excluding hydrogens is 234 g/mol. The molecule has 3 nitrogen and oxygen atoms in total. The van der Waals surface area contributed by atoms with Crippen LogP contribution in [0.15, 0.2) is 0 Å². The van der Waals surface area contributed by atoms with Crippen LogP contribution in [0.1, 0.15) is 52.4 Å². The number of nitrogens with two attached hydrogens (primary N) is 1. The first kappa shape index (κ1) is 15.3. The van der Waals surface area contributed by atoms with Crippen molar-refractivity contribution in [1.82, 2.24) is 9.80 Å². The molecule has 1 aliphatic heterocycles. The van der Waals surface area contributed by atoms with E-state index in [9.17, 15) is 0 Å². The van der Waals surface area contributed by atoms with Gasteiger partial charge in [0.05, 0.1) is 0 Å². The van der Waals surface area contributed by atoms with Gasteiger partial charge < -0.3 is 10.6 Å². The van der Waals surface area contributed by atoms with E-state index in [1.807, 2.05) is 0 Å². The van der Waals surface area contributed by atoms with Crippen molar-refractivity contribution in [2.24, 2.45) is 11.7 Å². The fourth-order valence-corrected chi connectivity index (χ4v) is 4.29. The molecule has 3 heteroatoms. The standard InChI is InChI=1S/C16H33N3/c1-4-19-10-7-15(8-11-19)18(3)16(13-17)9-5-6-14(2)12-16/h14-15H,4-13,17H2,1-3H3. The van der Waals surface area contributed by atoms with Gasteiger partial charge in [0.2, 0.25) is 0 Å². The van der Waals surface area contributed by atoms with E-state index in [2.05, 4.69) is 30.7 Å². The lowest BCUT2D eigenvalue weighted by atomic mass is 9.74. The minimum Gasteiger partial charge on any atom is -0.329 e. The van der Waals surface area contributed by atoms with Gasteiger partial charge in [0, 0.05) is 18.1 Å². The van der Waals surface area contributed by atoms with Crippen LogP contribution in [0, 0.1) is 5.92 Å². The summed E-state index contributed by atoms with van der Waals surface area (Å²) in [6.07, 6.45) is 7.99. The first-order chi connectivity index (χ1) is 9.11. The molecule has 1 heterocycles. The number of likely N-dealkylation sites (tertiary alicyclic amines) is 1. The van der Waals surface area contributed by atoms with E-state index < -0.39 is 0 Å². The number of nitrogens with zero attached hydrogens (tertiary/aromatic N) is 2. The van der Waals surface area contributed by atoms with E-state index >= 15 is 0 Å². The molecule has 112 valence electrons. The van der Waals surface area contributed by atoms with Gasteiger partial charge in [-0.15, -0.1) is 0 Å². The lowest BCUT2D eigenvalue weighted by molar-refractivity contribution is 0.00388. The third-order valence-corrected chi connectivity index (χ3v) is 5.75. The molecule has 1 saturated heterocycles. The molecule has 2 atom stereocenters. The quantitative estimate of drug-likeness (QED) is 0.848. The van der Waals surface area contributed by atoms with Crippen LogP contribution in [0.5, 0.6) is 0 Å². The second-order valence-corrected chi connectivity index (χ2v) is 6.91. The number of hydrogen-bond donors (Lipinski definition) is 1. The molecule has 19 heavy (non-hydrogen) atoms. The smallest absolute Gasteiger partial charge is 0.0334 e. The first-order valence-electron chi connectivity index (χ1n) is 8.26. The van der Waals surface area contributed by atoms with Crippen molar-refractivity contribution in [3.63, 3.8) is 0 Å². The summed E-state index contributed by atoms with van der Waals surface area (Å²) in [6.45, 7) is 9.24. The van der Waals surface area contributed by atoms with Crippen molar-refractivity contribution in [2.75, 3.05) is 33.2 Å². The molecule has 2 N–H and O–H groups in total. The van der Waals surface area contributed by atoms with Crippen LogP contribution in [0.25, 0.3) is 0 Å². The number of hydrogen-bond acceptors (Lipinski definition) is 3. The molecule has 1 aliphatic carbocycles. The molecule has 2 rings (SSSR count). The molecule has 0 bridgehead atoms. The Balaban J connectivity index is 1.98. The van der Waals surface area contributed by atoms with Gasteiger partial charge in [-0.1, -0.05) is 26.7 Å². The summed E-state index contributed by atoms with van der Waals surface area (Å²) in [6, 6.07) is 0.747.